The molecule has 0 spiro atoms. The Hall–Kier alpha value is -0.520. The molecule has 2 atom stereocenters. The van der Waals surface area contributed by atoms with E-state index in [2.05, 4.69) is 46.4 Å². The van der Waals surface area contributed by atoms with Gasteiger partial charge in [-0.3, -0.25) is 0 Å². The first kappa shape index (κ1) is 18.5. The minimum atomic E-state index is 0.822. The molecule has 0 nitrogen and oxygen atoms in total. The molecule has 0 N–H and O–H groups in total. The zero-order valence-electron chi connectivity index (χ0n) is 13.9. The first-order chi connectivity index (χ1) is 9.06. The molecule has 0 aromatic carbocycles. The molecule has 0 heteroatoms. The molecule has 19 heavy (non-hydrogen) atoms. The third kappa shape index (κ3) is 13.7. The van der Waals surface area contributed by atoms with Crippen LogP contribution < -0.4 is 0 Å². The van der Waals surface area contributed by atoms with E-state index in [1.165, 1.54) is 57.8 Å². The van der Waals surface area contributed by atoms with Crippen LogP contribution >= 0.6 is 0 Å². The van der Waals surface area contributed by atoms with E-state index in [1.54, 1.807) is 0 Å². The second-order valence-corrected chi connectivity index (χ2v) is 6.48. The Kier molecular flexibility index (Phi) is 12.2. The lowest BCUT2D eigenvalue weighted by atomic mass is 9.93. The van der Waals surface area contributed by atoms with E-state index < -0.39 is 0 Å². The van der Waals surface area contributed by atoms with Gasteiger partial charge in [-0.2, -0.15) is 0 Å². The quantitative estimate of drug-likeness (QED) is 0.265. The van der Waals surface area contributed by atoms with E-state index in [4.69, 9.17) is 0 Å². The predicted molar refractivity (Wildman–Crippen MR) is 89.5 cm³/mol. The van der Waals surface area contributed by atoms with Crippen molar-refractivity contribution < 1.29 is 0 Å². The number of hydrogen-bond donors (Lipinski definition) is 0. The fraction of sp³-hybridized carbons (Fsp3) is 0.789. The molecule has 0 aliphatic carbocycles. The van der Waals surface area contributed by atoms with Crippen LogP contribution in [0.5, 0.6) is 0 Å². The van der Waals surface area contributed by atoms with Crippen molar-refractivity contribution in [1.29, 1.82) is 0 Å². The molecular weight excluding hydrogens is 228 g/mol. The molecule has 0 aromatic heterocycles. The molecule has 0 saturated heterocycles. The smallest absolute Gasteiger partial charge is 0.0322 e. The highest BCUT2D eigenvalue weighted by atomic mass is 14.1. The molecule has 0 amide bonds. The first-order valence-electron chi connectivity index (χ1n) is 8.38. The second kappa shape index (κ2) is 12.5. The van der Waals surface area contributed by atoms with Crippen LogP contribution in [0.4, 0.5) is 0 Å². The fourth-order valence-corrected chi connectivity index (χ4v) is 2.50. The minimum absolute atomic E-state index is 0.822. The van der Waals surface area contributed by atoms with Crippen molar-refractivity contribution >= 4 is 0 Å². The normalized spacial score (nSPS) is 14.7. The maximum Gasteiger partial charge on any atom is -0.0322 e. The van der Waals surface area contributed by atoms with Gasteiger partial charge in [0.05, 0.1) is 0 Å². The van der Waals surface area contributed by atoms with Gasteiger partial charge in [0.15, 0.2) is 0 Å². The van der Waals surface area contributed by atoms with Crippen molar-refractivity contribution in [3.8, 4) is 0 Å². The maximum absolute atomic E-state index is 3.89. The van der Waals surface area contributed by atoms with Crippen molar-refractivity contribution in [2.24, 2.45) is 11.8 Å². The third-order valence-electron chi connectivity index (χ3n) is 3.89. The Bertz CT molecular complexity index is 236. The number of allylic oxidation sites excluding steroid dienone is 3. The largest absolute Gasteiger partial charge is 0.0961 e. The predicted octanol–water partition coefficient (Wildman–Crippen LogP) is 6.92. The molecule has 0 aliphatic rings. The van der Waals surface area contributed by atoms with Crippen molar-refractivity contribution in [2.45, 2.75) is 85.5 Å². The van der Waals surface area contributed by atoms with E-state index in [0.717, 1.165) is 17.4 Å². The Morgan fingerprint density at radius 2 is 1.58 bits per heavy atom. The summed E-state index contributed by atoms with van der Waals surface area (Å²) in [5.74, 6) is 1.75. The highest BCUT2D eigenvalue weighted by Crippen LogP contribution is 2.20. The molecule has 0 rings (SSSR count). The molecule has 0 aromatic rings. The summed E-state index contributed by atoms with van der Waals surface area (Å²) in [4.78, 5) is 0. The zero-order valence-corrected chi connectivity index (χ0v) is 13.9. The maximum atomic E-state index is 3.89. The van der Waals surface area contributed by atoms with Crippen LogP contribution in [-0.4, -0.2) is 0 Å². The van der Waals surface area contributed by atoms with Crippen LogP contribution in [0.2, 0.25) is 0 Å². The van der Waals surface area contributed by atoms with Crippen LogP contribution in [0, 0.1) is 11.8 Å². The van der Waals surface area contributed by atoms with Gasteiger partial charge in [-0.25, -0.2) is 0 Å². The van der Waals surface area contributed by atoms with Crippen LogP contribution in [0.15, 0.2) is 24.3 Å². The van der Waals surface area contributed by atoms with Gasteiger partial charge in [-0.1, -0.05) is 96.4 Å². The topological polar surface area (TPSA) is 0 Å². The minimum Gasteiger partial charge on any atom is -0.0961 e. The van der Waals surface area contributed by atoms with Gasteiger partial charge in [-0.15, -0.1) is 0 Å². The molecule has 112 valence electrons. The van der Waals surface area contributed by atoms with Gasteiger partial charge in [0.25, 0.3) is 0 Å². The van der Waals surface area contributed by atoms with E-state index in [-0.39, 0.29) is 0 Å². The summed E-state index contributed by atoms with van der Waals surface area (Å²) in [5, 5.41) is 0. The zero-order chi connectivity index (χ0) is 14.5. The van der Waals surface area contributed by atoms with Crippen LogP contribution in [0.1, 0.15) is 85.5 Å². The summed E-state index contributed by atoms with van der Waals surface area (Å²) in [5.41, 5.74) is 1.16. The van der Waals surface area contributed by atoms with E-state index >= 15 is 0 Å². The van der Waals surface area contributed by atoms with Gasteiger partial charge in [0.2, 0.25) is 0 Å². The summed E-state index contributed by atoms with van der Waals surface area (Å²) in [6.07, 6.45) is 16.9. The van der Waals surface area contributed by atoms with Gasteiger partial charge in [-0.05, 0) is 25.2 Å². The highest BCUT2D eigenvalue weighted by Gasteiger charge is 2.04. The van der Waals surface area contributed by atoms with Crippen LogP contribution in [0.3, 0.4) is 0 Å². The molecule has 2 unspecified atom stereocenters. The summed E-state index contributed by atoms with van der Waals surface area (Å²) in [6, 6.07) is 0. The summed E-state index contributed by atoms with van der Waals surface area (Å²) < 4.78 is 0. The fourth-order valence-electron chi connectivity index (χ4n) is 2.50. The summed E-state index contributed by atoms with van der Waals surface area (Å²) in [6.45, 7) is 13.0. The third-order valence-corrected chi connectivity index (χ3v) is 3.89. The molecule has 0 radical (unpaired) electrons. The van der Waals surface area contributed by atoms with Gasteiger partial charge < -0.3 is 0 Å². The number of hydrogen-bond acceptors (Lipinski definition) is 0. The van der Waals surface area contributed by atoms with Crippen molar-refractivity contribution in [3.63, 3.8) is 0 Å². The van der Waals surface area contributed by atoms with Gasteiger partial charge in [0, 0.05) is 0 Å². The molecular formula is C19H36. The lowest BCUT2D eigenvalue weighted by molar-refractivity contribution is 0.411. The molecule has 0 fully saturated rings. The first-order valence-corrected chi connectivity index (χ1v) is 8.38. The SMILES string of the molecule is C=C(C)/C=C/CC(C)CCCC(C)CCCCCC. The van der Waals surface area contributed by atoms with Gasteiger partial charge in [0.1, 0.15) is 0 Å². The Balaban J connectivity index is 3.47. The average molecular weight is 264 g/mol. The molecule has 0 saturated carbocycles. The Morgan fingerprint density at radius 1 is 0.947 bits per heavy atom. The lowest BCUT2D eigenvalue weighted by Crippen LogP contribution is -1.98. The van der Waals surface area contributed by atoms with E-state index in [9.17, 15) is 0 Å². The number of unbranched alkanes of at least 4 members (excludes halogenated alkanes) is 3. The summed E-state index contributed by atoms with van der Waals surface area (Å²) in [7, 11) is 0. The van der Waals surface area contributed by atoms with Gasteiger partial charge >= 0.3 is 0 Å². The Morgan fingerprint density at radius 3 is 2.21 bits per heavy atom. The Labute approximate surface area is 122 Å². The summed E-state index contributed by atoms with van der Waals surface area (Å²) >= 11 is 0. The molecule has 0 heterocycles. The number of rotatable bonds is 12. The van der Waals surface area contributed by atoms with E-state index in [0.29, 0.717) is 0 Å². The highest BCUT2D eigenvalue weighted by molar-refractivity contribution is 5.10. The molecule has 0 bridgehead atoms. The average Bonchev–Trinajstić information content (AvgIpc) is 2.34. The molecule has 0 aliphatic heterocycles. The van der Waals surface area contributed by atoms with Crippen LogP contribution in [0.25, 0.3) is 0 Å². The van der Waals surface area contributed by atoms with Crippen molar-refractivity contribution in [2.75, 3.05) is 0 Å². The lowest BCUT2D eigenvalue weighted by Gasteiger charge is -2.13. The second-order valence-electron chi connectivity index (χ2n) is 6.48. The van der Waals surface area contributed by atoms with Crippen molar-refractivity contribution in [1.82, 2.24) is 0 Å². The van der Waals surface area contributed by atoms with Crippen LogP contribution in [-0.2, 0) is 0 Å². The van der Waals surface area contributed by atoms with Crippen molar-refractivity contribution in [3.05, 3.63) is 24.3 Å². The standard InChI is InChI=1S/C19H36/c1-6-7-8-9-13-18(4)15-11-16-19(5)14-10-12-17(2)3/h10,12,18-19H,2,6-9,11,13-16H2,1,3-5H3/b12-10+. The van der Waals surface area contributed by atoms with E-state index in [1.807, 2.05) is 0 Å². The monoisotopic (exact) mass is 264 g/mol.